The first-order valence-corrected chi connectivity index (χ1v) is 7.83. The number of Topliss-reactive ketones (excluding diaryl/α,β-unsaturated/α-hetero) is 1. The van der Waals surface area contributed by atoms with Crippen LogP contribution in [0.15, 0.2) is 41.7 Å². The Morgan fingerprint density at radius 2 is 2.14 bits per heavy atom. The Balaban J connectivity index is 1.68. The molecule has 0 spiro atoms. The van der Waals surface area contributed by atoms with Crippen LogP contribution in [0.2, 0.25) is 5.02 Å². The number of ketones is 1. The molecule has 0 aliphatic heterocycles. The summed E-state index contributed by atoms with van der Waals surface area (Å²) in [6, 6.07) is 8.80. The number of fused-ring (bicyclic) bond motifs is 1. The van der Waals surface area contributed by atoms with Gasteiger partial charge in [0.05, 0.1) is 23.4 Å². The number of rotatable bonds is 5. The fourth-order valence-electron chi connectivity index (χ4n) is 1.91. The van der Waals surface area contributed by atoms with E-state index in [-0.39, 0.29) is 5.78 Å². The molecule has 0 atom stereocenters. The highest BCUT2D eigenvalue weighted by molar-refractivity contribution is 7.99. The van der Waals surface area contributed by atoms with E-state index < -0.39 is 0 Å². The number of nitrogens with one attached hydrogen (secondary N) is 1. The molecule has 7 heteroatoms. The molecule has 0 bridgehead atoms. The summed E-state index contributed by atoms with van der Waals surface area (Å²) in [6.07, 6.45) is 1.54. The average Bonchev–Trinajstić information content (AvgIpc) is 2.94. The maximum atomic E-state index is 12.1. The van der Waals surface area contributed by atoms with Crippen LogP contribution in [0.5, 0.6) is 5.75 Å². The van der Waals surface area contributed by atoms with Gasteiger partial charge in [-0.05, 0) is 30.3 Å². The molecule has 22 heavy (non-hydrogen) atoms. The molecule has 0 saturated carbocycles. The van der Waals surface area contributed by atoms with Gasteiger partial charge >= 0.3 is 0 Å². The van der Waals surface area contributed by atoms with Crippen LogP contribution in [-0.2, 0) is 0 Å². The van der Waals surface area contributed by atoms with Crippen LogP contribution < -0.4 is 4.74 Å². The maximum absolute atomic E-state index is 12.1. The fourth-order valence-corrected chi connectivity index (χ4v) is 2.84. The number of imidazole rings is 1. The minimum Gasteiger partial charge on any atom is -0.497 e. The Hall–Kier alpha value is -2.05. The van der Waals surface area contributed by atoms with Gasteiger partial charge in [0.25, 0.3) is 0 Å². The van der Waals surface area contributed by atoms with Crippen LogP contribution >= 0.6 is 23.4 Å². The number of pyridine rings is 1. The van der Waals surface area contributed by atoms with Crippen LogP contribution in [-0.4, -0.2) is 33.6 Å². The summed E-state index contributed by atoms with van der Waals surface area (Å²) in [4.78, 5) is 23.7. The lowest BCUT2D eigenvalue weighted by molar-refractivity contribution is 0.102. The summed E-state index contributed by atoms with van der Waals surface area (Å²) in [6.45, 7) is 0. The number of aromatic nitrogens is 3. The highest BCUT2D eigenvalue weighted by atomic mass is 35.5. The van der Waals surface area contributed by atoms with Gasteiger partial charge in [0.1, 0.15) is 5.75 Å². The van der Waals surface area contributed by atoms with Crippen LogP contribution in [0.25, 0.3) is 11.2 Å². The van der Waals surface area contributed by atoms with Gasteiger partial charge in [-0.25, -0.2) is 9.97 Å². The van der Waals surface area contributed by atoms with Crippen LogP contribution in [0.1, 0.15) is 10.4 Å². The lowest BCUT2D eigenvalue weighted by Gasteiger charge is -2.02. The topological polar surface area (TPSA) is 67.9 Å². The molecule has 0 saturated heterocycles. The first kappa shape index (κ1) is 14.9. The number of H-pyrrole nitrogens is 1. The minimum absolute atomic E-state index is 0.0269. The van der Waals surface area contributed by atoms with Crippen molar-refractivity contribution in [2.45, 2.75) is 5.16 Å². The molecule has 0 aliphatic carbocycles. The minimum atomic E-state index is 0.0269. The van der Waals surface area contributed by atoms with Crippen LogP contribution in [0.4, 0.5) is 0 Å². The Labute approximate surface area is 136 Å². The molecule has 1 N–H and O–H groups in total. The number of hydrogen-bond acceptors (Lipinski definition) is 5. The third-order valence-corrected chi connectivity index (χ3v) is 4.11. The zero-order valence-corrected chi connectivity index (χ0v) is 13.2. The smallest absolute Gasteiger partial charge is 0.178 e. The molecule has 2 aromatic heterocycles. The number of aromatic amines is 1. The number of nitrogens with zero attached hydrogens (tertiary/aromatic N) is 2. The zero-order valence-electron chi connectivity index (χ0n) is 11.7. The van der Waals surface area contributed by atoms with E-state index in [1.165, 1.54) is 11.8 Å². The lowest BCUT2D eigenvalue weighted by Crippen LogP contribution is -2.02. The number of thioether (sulfide) groups is 1. The van der Waals surface area contributed by atoms with Crippen molar-refractivity contribution in [3.63, 3.8) is 0 Å². The lowest BCUT2D eigenvalue weighted by atomic mass is 10.1. The molecule has 112 valence electrons. The van der Waals surface area contributed by atoms with Crippen molar-refractivity contribution in [1.29, 1.82) is 0 Å². The van der Waals surface area contributed by atoms with Crippen molar-refractivity contribution in [3.8, 4) is 5.75 Å². The highest BCUT2D eigenvalue weighted by Gasteiger charge is 2.10. The van der Waals surface area contributed by atoms with E-state index in [1.807, 2.05) is 0 Å². The third kappa shape index (κ3) is 3.23. The molecule has 3 aromatic rings. The van der Waals surface area contributed by atoms with E-state index in [2.05, 4.69) is 15.0 Å². The third-order valence-electron chi connectivity index (χ3n) is 3.03. The van der Waals surface area contributed by atoms with Crippen LogP contribution in [0.3, 0.4) is 0 Å². The Bertz CT molecular complexity index is 817. The largest absolute Gasteiger partial charge is 0.497 e. The summed E-state index contributed by atoms with van der Waals surface area (Å²) >= 11 is 7.21. The molecular weight excluding hydrogens is 322 g/mol. The Kier molecular flexibility index (Phi) is 4.31. The van der Waals surface area contributed by atoms with Crippen molar-refractivity contribution >= 4 is 40.3 Å². The van der Waals surface area contributed by atoms with Gasteiger partial charge in [-0.15, -0.1) is 0 Å². The number of methoxy groups -OCH3 is 1. The molecule has 0 aliphatic rings. The number of hydrogen-bond donors (Lipinski definition) is 1. The molecule has 3 rings (SSSR count). The number of carbonyl (C=O) groups is 1. The summed E-state index contributed by atoms with van der Waals surface area (Å²) in [5.41, 5.74) is 1.99. The van der Waals surface area contributed by atoms with E-state index in [9.17, 15) is 4.79 Å². The van der Waals surface area contributed by atoms with E-state index in [0.717, 1.165) is 11.3 Å². The van der Waals surface area contributed by atoms with Gasteiger partial charge in [-0.1, -0.05) is 23.4 Å². The van der Waals surface area contributed by atoms with Gasteiger partial charge in [-0.2, -0.15) is 0 Å². The van der Waals surface area contributed by atoms with Crippen molar-refractivity contribution in [3.05, 3.63) is 47.1 Å². The second-order valence-corrected chi connectivity index (χ2v) is 5.91. The first-order valence-electron chi connectivity index (χ1n) is 6.47. The number of carbonyl (C=O) groups excluding carboxylic acids is 1. The van der Waals surface area contributed by atoms with Gasteiger partial charge in [0.15, 0.2) is 16.6 Å². The molecule has 0 unspecified atom stereocenters. The van der Waals surface area contributed by atoms with E-state index in [0.29, 0.717) is 27.1 Å². The van der Waals surface area contributed by atoms with E-state index >= 15 is 0 Å². The van der Waals surface area contributed by atoms with Crippen molar-refractivity contribution in [2.24, 2.45) is 0 Å². The predicted molar refractivity (Wildman–Crippen MR) is 86.9 cm³/mol. The SMILES string of the molecule is COc1ccc(C(=O)CSc2nc3ncc(Cl)cc3[nH]2)cc1. The number of halogens is 1. The Morgan fingerprint density at radius 3 is 2.86 bits per heavy atom. The van der Waals surface area contributed by atoms with Gasteiger partial charge in [0, 0.05) is 11.8 Å². The molecule has 2 heterocycles. The monoisotopic (exact) mass is 333 g/mol. The number of benzene rings is 1. The summed E-state index contributed by atoms with van der Waals surface area (Å²) in [7, 11) is 1.59. The number of ether oxygens (including phenoxy) is 1. The predicted octanol–water partition coefficient (Wildman–Crippen LogP) is 3.59. The van der Waals surface area contributed by atoms with Crippen molar-refractivity contribution < 1.29 is 9.53 Å². The molecule has 5 nitrogen and oxygen atoms in total. The molecule has 0 radical (unpaired) electrons. The maximum Gasteiger partial charge on any atom is 0.178 e. The molecule has 0 amide bonds. The van der Waals surface area contributed by atoms with Gasteiger partial charge in [-0.3, -0.25) is 4.79 Å². The molecule has 0 fully saturated rings. The second kappa shape index (κ2) is 6.37. The van der Waals surface area contributed by atoms with E-state index in [1.54, 1.807) is 43.6 Å². The molecule has 1 aromatic carbocycles. The normalized spacial score (nSPS) is 10.8. The standard InChI is InChI=1S/C15H12ClN3O2S/c1-21-11-4-2-9(3-5-11)13(20)8-22-15-18-12-6-10(16)7-17-14(12)19-15/h2-7H,8H2,1H3,(H,17,18,19). The van der Waals surface area contributed by atoms with Crippen LogP contribution in [0, 0.1) is 0 Å². The van der Waals surface area contributed by atoms with Crippen molar-refractivity contribution in [2.75, 3.05) is 12.9 Å². The van der Waals surface area contributed by atoms with Gasteiger partial charge in [0.2, 0.25) is 0 Å². The molecular formula is C15H12ClN3O2S. The van der Waals surface area contributed by atoms with Gasteiger partial charge < -0.3 is 9.72 Å². The van der Waals surface area contributed by atoms with Crippen molar-refractivity contribution in [1.82, 2.24) is 15.0 Å². The summed E-state index contributed by atoms with van der Waals surface area (Å²) in [5, 5.41) is 1.19. The Morgan fingerprint density at radius 1 is 1.36 bits per heavy atom. The average molecular weight is 334 g/mol. The highest BCUT2D eigenvalue weighted by Crippen LogP contribution is 2.21. The summed E-state index contributed by atoms with van der Waals surface area (Å²) in [5.74, 6) is 1.04. The zero-order chi connectivity index (χ0) is 15.5. The summed E-state index contributed by atoms with van der Waals surface area (Å²) < 4.78 is 5.07. The quantitative estimate of drug-likeness (QED) is 0.571. The van der Waals surface area contributed by atoms with E-state index in [4.69, 9.17) is 16.3 Å². The fraction of sp³-hybridized carbons (Fsp3) is 0.133. The first-order chi connectivity index (χ1) is 10.7. The second-order valence-electron chi connectivity index (χ2n) is 4.51.